The molecule has 2 N–H and O–H groups in total. The van der Waals surface area contributed by atoms with Crippen LogP contribution in [0.4, 0.5) is 9.18 Å². The van der Waals surface area contributed by atoms with Crippen molar-refractivity contribution in [3.05, 3.63) is 97.1 Å². The number of hydrogen-bond acceptors (Lipinski definition) is 9. The number of aryl methyl sites for hydroxylation is 2. The highest BCUT2D eigenvalue weighted by atomic mass is 33.3. The number of aromatic nitrogens is 2. The number of cyclic esters (lactones) is 1. The number of esters is 1. The fourth-order valence-electron chi connectivity index (χ4n) is 8.00. The van der Waals surface area contributed by atoms with Gasteiger partial charge in [-0.15, -0.1) is 0 Å². The summed E-state index contributed by atoms with van der Waals surface area (Å²) in [5.41, 5.74) is 4.73. The smallest absolute Gasteiger partial charge is 0.407 e. The maximum Gasteiger partial charge on any atom is 0.407 e. The summed E-state index contributed by atoms with van der Waals surface area (Å²) >= 11 is 0. The van der Waals surface area contributed by atoms with Gasteiger partial charge < -0.3 is 24.5 Å². The summed E-state index contributed by atoms with van der Waals surface area (Å²) in [6.45, 7) is 3.33. The van der Waals surface area contributed by atoms with Crippen LogP contribution in [0.15, 0.2) is 41.2 Å². The van der Waals surface area contributed by atoms with Gasteiger partial charge in [0.15, 0.2) is 5.60 Å². The SMILES string of the molecule is CC[C@@]1(O)C(=O)OCc2c1cc1n(c2=O)Cc2c-1nc1cc(F)c(C)c3c1c2[C@@H](NC(=O)O[C@@H]1CCc2ccccc2[C@H]1SSP)CC3. The van der Waals surface area contributed by atoms with E-state index in [9.17, 15) is 19.5 Å². The number of hydrogen-bond donors (Lipinski definition) is 2. The minimum atomic E-state index is -1.97. The highest BCUT2D eigenvalue weighted by Crippen LogP contribution is 2.49. The van der Waals surface area contributed by atoms with Crippen molar-refractivity contribution in [2.24, 2.45) is 0 Å². The molecule has 0 fully saturated rings. The molecule has 2 aromatic heterocycles. The van der Waals surface area contributed by atoms with Gasteiger partial charge in [0.2, 0.25) is 0 Å². The standard InChI is InChI=1S/C35H33FN3O6PS2/c1-3-35(43)22-12-26-30-20(14-39(26)32(40)21(22)15-44-33(35)41)29-24(10-9-18-16(2)23(36)13-25(37-30)28(18)29)38-34(42)45-27-11-8-17-6-4-5-7-19(17)31(27)47-48-46/h4-7,12-13,24,27,31,43H,3,8-11,14-15,46H2,1-2H3,(H,38,42)/t24-,27+,31+,35-/m0/s1. The highest BCUT2D eigenvalue weighted by Gasteiger charge is 2.46. The molecule has 0 saturated carbocycles. The molecule has 4 heterocycles. The second-order valence-corrected chi connectivity index (χ2v) is 16.6. The fraction of sp³-hybridized carbons (Fsp3) is 0.371. The number of nitrogens with zero attached hydrogens (tertiary/aromatic N) is 2. The average molecular weight is 706 g/mol. The number of carbonyl (C=O) groups is 2. The number of amides is 1. The second-order valence-electron chi connectivity index (χ2n) is 12.8. The van der Waals surface area contributed by atoms with Crippen LogP contribution >= 0.6 is 29.6 Å². The number of pyridine rings is 2. The third-order valence-electron chi connectivity index (χ3n) is 10.5. The first-order chi connectivity index (χ1) is 23.1. The molecular weight excluding hydrogens is 673 g/mol. The number of halogens is 1. The van der Waals surface area contributed by atoms with Gasteiger partial charge in [0.25, 0.3) is 5.56 Å². The Morgan fingerprint density at radius 3 is 2.81 bits per heavy atom. The van der Waals surface area contributed by atoms with E-state index in [2.05, 4.69) is 25.9 Å². The van der Waals surface area contributed by atoms with E-state index < -0.39 is 23.7 Å². The van der Waals surface area contributed by atoms with Crippen molar-refractivity contribution in [2.75, 3.05) is 0 Å². The van der Waals surface area contributed by atoms with Gasteiger partial charge >= 0.3 is 12.1 Å². The summed E-state index contributed by atoms with van der Waals surface area (Å²) in [6.07, 6.45) is 1.71. The number of ether oxygens (including phenoxy) is 2. The lowest BCUT2D eigenvalue weighted by Gasteiger charge is -2.33. The van der Waals surface area contributed by atoms with Crippen LogP contribution < -0.4 is 10.9 Å². The molecule has 2 aromatic carbocycles. The lowest BCUT2D eigenvalue weighted by atomic mass is 9.81. The summed E-state index contributed by atoms with van der Waals surface area (Å²) in [5, 5.41) is 15.2. The molecule has 9 nitrogen and oxygen atoms in total. The quantitative estimate of drug-likeness (QED) is 0.121. The zero-order valence-electron chi connectivity index (χ0n) is 26.3. The highest BCUT2D eigenvalue weighted by molar-refractivity contribution is 8.94. The Morgan fingerprint density at radius 2 is 2.02 bits per heavy atom. The molecule has 2 aliphatic heterocycles. The topological polar surface area (TPSA) is 120 Å². The number of rotatable bonds is 5. The van der Waals surface area contributed by atoms with Crippen molar-refractivity contribution in [3.63, 3.8) is 0 Å². The van der Waals surface area contributed by atoms with E-state index in [1.165, 1.54) is 17.2 Å². The van der Waals surface area contributed by atoms with E-state index in [1.54, 1.807) is 45.7 Å². The molecule has 5 atom stereocenters. The molecule has 2 aliphatic carbocycles. The molecule has 4 aromatic rings. The number of alkyl carbamates (subject to hydrolysis) is 1. The molecule has 48 heavy (non-hydrogen) atoms. The Kier molecular flexibility index (Phi) is 7.86. The van der Waals surface area contributed by atoms with E-state index in [4.69, 9.17) is 14.5 Å². The molecule has 0 spiro atoms. The second kappa shape index (κ2) is 11.9. The summed E-state index contributed by atoms with van der Waals surface area (Å²) in [5.74, 6) is -1.18. The Morgan fingerprint density at radius 1 is 1.21 bits per heavy atom. The van der Waals surface area contributed by atoms with E-state index >= 15 is 4.39 Å². The van der Waals surface area contributed by atoms with Gasteiger partial charge in [-0.3, -0.25) is 4.79 Å². The first kappa shape index (κ1) is 31.8. The Balaban J connectivity index is 1.21. The molecule has 0 saturated heterocycles. The van der Waals surface area contributed by atoms with E-state index in [0.717, 1.165) is 28.5 Å². The largest absolute Gasteiger partial charge is 0.458 e. The summed E-state index contributed by atoms with van der Waals surface area (Å²) in [6, 6.07) is 10.8. The maximum absolute atomic E-state index is 15.3. The predicted molar refractivity (Wildman–Crippen MR) is 186 cm³/mol. The van der Waals surface area contributed by atoms with Gasteiger partial charge in [-0.25, -0.2) is 19.0 Å². The van der Waals surface area contributed by atoms with Crippen LogP contribution in [0.2, 0.25) is 0 Å². The minimum absolute atomic E-state index is 0.0225. The molecule has 13 heteroatoms. The minimum Gasteiger partial charge on any atom is -0.458 e. The molecule has 0 bridgehead atoms. The van der Waals surface area contributed by atoms with Crippen LogP contribution in [0.3, 0.4) is 0 Å². The summed E-state index contributed by atoms with van der Waals surface area (Å²) in [4.78, 5) is 45.2. The van der Waals surface area contributed by atoms with Crippen LogP contribution in [-0.2, 0) is 45.9 Å². The van der Waals surface area contributed by atoms with Crippen LogP contribution in [0.1, 0.15) is 82.0 Å². The van der Waals surface area contributed by atoms with Gasteiger partial charge in [-0.2, -0.15) is 0 Å². The molecule has 248 valence electrons. The summed E-state index contributed by atoms with van der Waals surface area (Å²) < 4.78 is 28.2. The molecule has 4 aliphatic rings. The molecule has 8 rings (SSSR count). The van der Waals surface area contributed by atoms with Gasteiger partial charge in [0, 0.05) is 22.6 Å². The molecule has 0 radical (unpaired) electrons. The fourth-order valence-corrected chi connectivity index (χ4v) is 10.9. The van der Waals surface area contributed by atoms with E-state index in [-0.39, 0.29) is 53.4 Å². The number of carbonyl (C=O) groups excluding carboxylic acids is 2. The Labute approximate surface area is 285 Å². The average Bonchev–Trinajstić information content (AvgIpc) is 3.45. The van der Waals surface area contributed by atoms with Gasteiger partial charge in [-0.1, -0.05) is 60.8 Å². The zero-order chi connectivity index (χ0) is 33.5. The van der Waals surface area contributed by atoms with E-state index in [0.29, 0.717) is 41.7 Å². The Hall–Kier alpha value is -3.44. The third kappa shape index (κ3) is 4.74. The first-order valence-electron chi connectivity index (χ1n) is 16.0. The lowest BCUT2D eigenvalue weighted by molar-refractivity contribution is -0.172. The number of fused-ring (bicyclic) bond motifs is 6. The van der Waals surface area contributed by atoms with E-state index in [1.807, 2.05) is 12.1 Å². The van der Waals surface area contributed by atoms with Crippen molar-refractivity contribution in [3.8, 4) is 11.4 Å². The molecular formula is C35H33FN3O6PS2. The van der Waals surface area contributed by atoms with Crippen molar-refractivity contribution in [1.82, 2.24) is 14.9 Å². The lowest BCUT2D eigenvalue weighted by Crippen LogP contribution is -2.44. The van der Waals surface area contributed by atoms with Crippen molar-refractivity contribution < 1.29 is 28.6 Å². The van der Waals surface area contributed by atoms with Gasteiger partial charge in [0.05, 0.1) is 40.3 Å². The van der Waals surface area contributed by atoms with Gasteiger partial charge in [-0.05, 0) is 72.9 Å². The first-order valence-corrected chi connectivity index (χ1v) is 19.7. The summed E-state index contributed by atoms with van der Waals surface area (Å²) in [7, 11) is 5.88. The third-order valence-corrected chi connectivity index (χ3v) is 13.3. The Bertz CT molecular complexity index is 2120. The van der Waals surface area contributed by atoms with Crippen LogP contribution in [0.25, 0.3) is 22.3 Å². The monoisotopic (exact) mass is 705 g/mol. The van der Waals surface area contributed by atoms with Gasteiger partial charge in [0.1, 0.15) is 18.5 Å². The predicted octanol–water partition coefficient (Wildman–Crippen LogP) is 6.47. The van der Waals surface area contributed by atoms with Crippen LogP contribution in [-0.4, -0.2) is 32.8 Å². The number of aliphatic hydroxyl groups is 1. The maximum atomic E-state index is 15.3. The molecule has 1 amide bonds. The van der Waals surface area contributed by atoms with Crippen molar-refractivity contribution in [1.29, 1.82) is 0 Å². The van der Waals surface area contributed by atoms with Crippen molar-refractivity contribution >= 4 is 52.6 Å². The molecule has 1 unspecified atom stereocenters. The normalized spacial score (nSPS) is 23.5. The van der Waals surface area contributed by atoms with Crippen LogP contribution in [0.5, 0.6) is 0 Å². The van der Waals surface area contributed by atoms with Crippen LogP contribution in [0, 0.1) is 12.7 Å². The number of benzene rings is 2. The number of nitrogens with one attached hydrogen (secondary N) is 1. The zero-order valence-corrected chi connectivity index (χ0v) is 29.1. The van der Waals surface area contributed by atoms with Crippen molar-refractivity contribution in [2.45, 2.75) is 82.1 Å².